The summed E-state index contributed by atoms with van der Waals surface area (Å²) in [7, 11) is 0. The summed E-state index contributed by atoms with van der Waals surface area (Å²) in [4.78, 5) is 24.8. The summed E-state index contributed by atoms with van der Waals surface area (Å²) in [5.74, 6) is 0.785. The predicted octanol–water partition coefficient (Wildman–Crippen LogP) is 3.34. The molecule has 3 aliphatic rings. The number of amides is 1. The number of para-hydroxylation sites is 1. The number of nitrogens with one attached hydrogen (secondary N) is 2. The maximum Gasteiger partial charge on any atom is 0.317 e. The molecule has 1 amide bonds. The van der Waals surface area contributed by atoms with Crippen LogP contribution in [-0.4, -0.2) is 58.3 Å². The van der Waals surface area contributed by atoms with Gasteiger partial charge in [0.25, 0.3) is 11.8 Å². The lowest BCUT2D eigenvalue weighted by Crippen LogP contribution is -2.37. The monoisotopic (exact) mass is 493 g/mol. The molecule has 10 heteroatoms. The number of rotatable bonds is 5. The maximum absolute atomic E-state index is 13.1. The Morgan fingerprint density at radius 3 is 2.65 bits per heavy atom. The van der Waals surface area contributed by atoms with Crippen molar-refractivity contribution < 1.29 is 13.9 Å². The molecule has 0 aliphatic carbocycles. The fourth-order valence-corrected chi connectivity index (χ4v) is 5.14. The van der Waals surface area contributed by atoms with Crippen molar-refractivity contribution in [2.75, 3.05) is 28.7 Å². The zero-order valence-corrected chi connectivity index (χ0v) is 19.7. The largest absolute Gasteiger partial charge is 0.403 e. The zero-order valence-electron chi connectivity index (χ0n) is 19.7. The molecule has 3 atom stereocenters. The van der Waals surface area contributed by atoms with Crippen LogP contribution in [0.5, 0.6) is 0 Å². The van der Waals surface area contributed by atoms with E-state index < -0.39 is 6.17 Å². The zero-order chi connectivity index (χ0) is 24.8. The SMILES string of the molecule is O=C1Nc2ccccc2C(c2ccccc2)=NC1Nc1nnc(-c2cccnc2N2C[C@H]3C[C@@H]2CO3)o1. The average Bonchev–Trinajstić information content (AvgIpc) is 3.68. The van der Waals surface area contributed by atoms with Gasteiger partial charge in [-0.1, -0.05) is 53.6 Å². The summed E-state index contributed by atoms with van der Waals surface area (Å²) in [6, 6.07) is 21.5. The highest BCUT2D eigenvalue weighted by molar-refractivity contribution is 6.19. The van der Waals surface area contributed by atoms with Crippen LogP contribution in [0.3, 0.4) is 0 Å². The van der Waals surface area contributed by atoms with E-state index in [9.17, 15) is 4.79 Å². The van der Waals surface area contributed by atoms with E-state index in [2.05, 4.69) is 30.7 Å². The van der Waals surface area contributed by atoms with Gasteiger partial charge in [-0.2, -0.15) is 0 Å². The van der Waals surface area contributed by atoms with E-state index in [4.69, 9.17) is 14.1 Å². The average molecular weight is 494 g/mol. The summed E-state index contributed by atoms with van der Waals surface area (Å²) < 4.78 is 11.7. The topological polar surface area (TPSA) is 118 Å². The fraction of sp³-hybridized carbons (Fsp3) is 0.222. The Kier molecular flexibility index (Phi) is 5.17. The third-order valence-electron chi connectivity index (χ3n) is 6.87. The Morgan fingerprint density at radius 1 is 0.973 bits per heavy atom. The molecule has 3 aliphatic heterocycles. The maximum atomic E-state index is 13.1. The highest BCUT2D eigenvalue weighted by Gasteiger charge is 2.40. The molecular formula is C27H23N7O3. The Bertz CT molecular complexity index is 1500. The Balaban J connectivity index is 1.20. The van der Waals surface area contributed by atoms with Crippen molar-refractivity contribution in [2.45, 2.75) is 24.7 Å². The third-order valence-corrected chi connectivity index (χ3v) is 6.87. The van der Waals surface area contributed by atoms with Crippen molar-refractivity contribution in [3.63, 3.8) is 0 Å². The molecule has 2 fully saturated rings. The van der Waals surface area contributed by atoms with Gasteiger partial charge in [0.1, 0.15) is 5.82 Å². The lowest BCUT2D eigenvalue weighted by Gasteiger charge is -2.28. The number of aromatic nitrogens is 3. The number of fused-ring (bicyclic) bond motifs is 3. The summed E-state index contributed by atoms with van der Waals surface area (Å²) in [5.41, 5.74) is 3.85. The summed E-state index contributed by atoms with van der Waals surface area (Å²) in [6.07, 6.45) is 2.01. The highest BCUT2D eigenvalue weighted by atomic mass is 16.5. The van der Waals surface area contributed by atoms with Gasteiger partial charge >= 0.3 is 6.01 Å². The normalized spacial score (nSPS) is 22.3. The van der Waals surface area contributed by atoms with Crippen LogP contribution in [0.2, 0.25) is 0 Å². The lowest BCUT2D eigenvalue weighted by atomic mass is 10.0. The molecule has 37 heavy (non-hydrogen) atoms. The molecular weight excluding hydrogens is 470 g/mol. The van der Waals surface area contributed by atoms with Gasteiger partial charge in [0.15, 0.2) is 0 Å². The molecule has 4 aromatic rings. The number of nitrogens with zero attached hydrogens (tertiary/aromatic N) is 5. The number of carbonyl (C=O) groups excluding carboxylic acids is 1. The quantitative estimate of drug-likeness (QED) is 0.435. The molecule has 184 valence electrons. The third kappa shape index (κ3) is 3.91. The minimum absolute atomic E-state index is 0.0957. The fourth-order valence-electron chi connectivity index (χ4n) is 5.14. The van der Waals surface area contributed by atoms with Crippen molar-refractivity contribution in [1.82, 2.24) is 15.2 Å². The number of aliphatic imine (C=N–C) groups is 1. The van der Waals surface area contributed by atoms with Gasteiger partial charge in [0, 0.05) is 23.9 Å². The van der Waals surface area contributed by atoms with Crippen molar-refractivity contribution in [3.8, 4) is 11.5 Å². The van der Waals surface area contributed by atoms with E-state index in [1.54, 1.807) is 6.20 Å². The molecule has 5 heterocycles. The van der Waals surface area contributed by atoms with E-state index in [0.29, 0.717) is 29.9 Å². The number of morpholine rings is 1. The smallest absolute Gasteiger partial charge is 0.317 e. The molecule has 0 spiro atoms. The minimum atomic E-state index is -0.976. The number of anilines is 3. The van der Waals surface area contributed by atoms with Gasteiger partial charge in [-0.25, -0.2) is 9.98 Å². The van der Waals surface area contributed by atoms with Crippen molar-refractivity contribution in [3.05, 3.63) is 84.1 Å². The van der Waals surface area contributed by atoms with Gasteiger partial charge in [-0.15, -0.1) is 5.10 Å². The first-order chi connectivity index (χ1) is 18.2. The van der Waals surface area contributed by atoms with Gasteiger partial charge in [-0.3, -0.25) is 4.79 Å². The van der Waals surface area contributed by atoms with Gasteiger partial charge in [0.05, 0.1) is 35.7 Å². The summed E-state index contributed by atoms with van der Waals surface area (Å²) in [5, 5.41) is 14.4. The van der Waals surface area contributed by atoms with Crippen LogP contribution >= 0.6 is 0 Å². The minimum Gasteiger partial charge on any atom is -0.403 e. The molecule has 2 saturated heterocycles. The number of ether oxygens (including phenoxy) is 1. The number of benzene rings is 2. The first-order valence-electron chi connectivity index (χ1n) is 12.2. The first-order valence-corrected chi connectivity index (χ1v) is 12.2. The predicted molar refractivity (Wildman–Crippen MR) is 138 cm³/mol. The van der Waals surface area contributed by atoms with Crippen LogP contribution in [0.15, 0.2) is 82.3 Å². The number of hydrogen-bond donors (Lipinski definition) is 2. The Morgan fingerprint density at radius 2 is 1.81 bits per heavy atom. The van der Waals surface area contributed by atoms with Crippen molar-refractivity contribution >= 4 is 29.1 Å². The van der Waals surface area contributed by atoms with E-state index in [0.717, 1.165) is 35.5 Å². The molecule has 1 unspecified atom stereocenters. The number of pyridine rings is 1. The second kappa shape index (κ2) is 8.82. The van der Waals surface area contributed by atoms with Crippen LogP contribution in [-0.2, 0) is 9.53 Å². The Hall–Kier alpha value is -4.57. The van der Waals surface area contributed by atoms with Gasteiger partial charge in [0.2, 0.25) is 6.17 Å². The molecule has 2 aromatic carbocycles. The highest BCUT2D eigenvalue weighted by Crippen LogP contribution is 2.37. The van der Waals surface area contributed by atoms with Gasteiger partial charge < -0.3 is 24.7 Å². The van der Waals surface area contributed by atoms with Crippen LogP contribution < -0.4 is 15.5 Å². The molecule has 0 radical (unpaired) electrons. The number of benzodiazepines with no additional fused rings is 1. The van der Waals surface area contributed by atoms with E-state index >= 15 is 0 Å². The molecule has 0 saturated carbocycles. The van der Waals surface area contributed by atoms with Crippen molar-refractivity contribution in [2.24, 2.45) is 4.99 Å². The van der Waals surface area contributed by atoms with E-state index in [-0.39, 0.29) is 18.0 Å². The van der Waals surface area contributed by atoms with Crippen LogP contribution in [0.4, 0.5) is 17.5 Å². The first kappa shape index (κ1) is 21.7. The van der Waals surface area contributed by atoms with Crippen LogP contribution in [0.1, 0.15) is 17.5 Å². The van der Waals surface area contributed by atoms with Crippen LogP contribution in [0.25, 0.3) is 11.5 Å². The van der Waals surface area contributed by atoms with E-state index in [1.165, 1.54) is 0 Å². The molecule has 2 bridgehead atoms. The molecule has 7 rings (SSSR count). The summed E-state index contributed by atoms with van der Waals surface area (Å²) >= 11 is 0. The number of hydrogen-bond acceptors (Lipinski definition) is 9. The summed E-state index contributed by atoms with van der Waals surface area (Å²) in [6.45, 7) is 1.48. The lowest BCUT2D eigenvalue weighted by molar-refractivity contribution is -0.116. The number of carbonyl (C=O) groups is 1. The molecule has 10 nitrogen and oxygen atoms in total. The van der Waals surface area contributed by atoms with Crippen molar-refractivity contribution in [1.29, 1.82) is 0 Å². The molecule has 2 N–H and O–H groups in total. The second-order valence-corrected chi connectivity index (χ2v) is 9.21. The van der Waals surface area contributed by atoms with E-state index in [1.807, 2.05) is 66.7 Å². The van der Waals surface area contributed by atoms with Crippen LogP contribution in [0, 0.1) is 0 Å². The standard InChI is InChI=1S/C27H23N7O3/c35-25-23(30-22(16-7-2-1-3-8-16)19-9-4-5-11-21(19)29-25)31-27-33-32-26(37-27)20-10-6-12-28-24(20)34-14-18-13-17(34)15-36-18/h1-12,17-18,23H,13-15H2,(H,29,35)(H,31,33)/t17-,18-,23?/m1/s1. The molecule has 2 aromatic heterocycles. The Labute approximate surface area is 212 Å². The van der Waals surface area contributed by atoms with Gasteiger partial charge in [-0.05, 0) is 24.6 Å². The second-order valence-electron chi connectivity index (χ2n) is 9.21.